The van der Waals surface area contributed by atoms with Crippen LogP contribution in [0.25, 0.3) is 0 Å². The van der Waals surface area contributed by atoms with Crippen LogP contribution >= 0.6 is 11.3 Å². The number of aromatic nitrogens is 1. The fraction of sp³-hybridized carbons (Fsp3) is 0.727. The first-order valence-corrected chi connectivity index (χ1v) is 6.46. The van der Waals surface area contributed by atoms with Gasteiger partial charge < -0.3 is 10.0 Å². The predicted octanol–water partition coefficient (Wildman–Crippen LogP) is 1.78. The third-order valence-corrected chi connectivity index (χ3v) is 3.29. The molecule has 0 bridgehead atoms. The molecule has 1 aromatic heterocycles. The Bertz CT molecular complexity index is 239. The zero-order valence-electron chi connectivity index (χ0n) is 9.35. The molecule has 0 radical (unpaired) electrons. The van der Waals surface area contributed by atoms with Crippen LogP contribution in [0, 0.1) is 0 Å². The summed E-state index contributed by atoms with van der Waals surface area (Å²) < 4.78 is 0. The molecule has 1 heterocycles. The fourth-order valence-electron chi connectivity index (χ4n) is 1.51. The van der Waals surface area contributed by atoms with E-state index in [2.05, 4.69) is 16.8 Å². The molecule has 1 aromatic rings. The minimum Gasteiger partial charge on any atom is -0.396 e. The molecule has 1 N–H and O–H groups in total. The van der Waals surface area contributed by atoms with Crippen molar-refractivity contribution < 1.29 is 5.11 Å². The minimum absolute atomic E-state index is 0.310. The SMILES string of the molecule is CCN(CCCCO)CCc1nccs1. The molecule has 0 spiro atoms. The van der Waals surface area contributed by atoms with E-state index >= 15 is 0 Å². The van der Waals surface area contributed by atoms with Gasteiger partial charge in [0.25, 0.3) is 0 Å². The molecule has 0 saturated carbocycles. The highest BCUT2D eigenvalue weighted by atomic mass is 32.1. The van der Waals surface area contributed by atoms with Gasteiger partial charge in [-0.25, -0.2) is 4.98 Å². The van der Waals surface area contributed by atoms with E-state index in [4.69, 9.17) is 5.11 Å². The second-order valence-electron chi connectivity index (χ2n) is 3.54. The van der Waals surface area contributed by atoms with E-state index in [1.165, 1.54) is 5.01 Å². The Kier molecular flexibility index (Phi) is 6.55. The highest BCUT2D eigenvalue weighted by molar-refractivity contribution is 7.09. The summed E-state index contributed by atoms with van der Waals surface area (Å²) in [4.78, 5) is 6.68. The molecule has 0 aliphatic heterocycles. The van der Waals surface area contributed by atoms with Crippen LogP contribution in [0.4, 0.5) is 0 Å². The van der Waals surface area contributed by atoms with Crippen LogP contribution in [-0.2, 0) is 6.42 Å². The van der Waals surface area contributed by atoms with Crippen molar-refractivity contribution in [2.45, 2.75) is 26.2 Å². The van der Waals surface area contributed by atoms with Crippen LogP contribution in [0.2, 0.25) is 0 Å². The lowest BCUT2D eigenvalue weighted by atomic mass is 10.3. The zero-order valence-corrected chi connectivity index (χ0v) is 10.2. The molecule has 15 heavy (non-hydrogen) atoms. The van der Waals surface area contributed by atoms with Crippen molar-refractivity contribution in [2.75, 3.05) is 26.2 Å². The average Bonchev–Trinajstić information content (AvgIpc) is 2.76. The van der Waals surface area contributed by atoms with Crippen LogP contribution in [0.5, 0.6) is 0 Å². The molecule has 0 amide bonds. The molecule has 4 heteroatoms. The summed E-state index contributed by atoms with van der Waals surface area (Å²) in [5.41, 5.74) is 0. The number of unbranched alkanes of at least 4 members (excludes halogenated alkanes) is 1. The van der Waals surface area contributed by atoms with Gasteiger partial charge in [-0.3, -0.25) is 0 Å². The third kappa shape index (κ3) is 5.25. The molecule has 3 nitrogen and oxygen atoms in total. The second kappa shape index (κ2) is 7.79. The average molecular weight is 228 g/mol. The third-order valence-electron chi connectivity index (χ3n) is 2.46. The maximum absolute atomic E-state index is 8.71. The van der Waals surface area contributed by atoms with E-state index in [0.717, 1.165) is 38.9 Å². The summed E-state index contributed by atoms with van der Waals surface area (Å²) in [5, 5.41) is 11.9. The van der Waals surface area contributed by atoms with Gasteiger partial charge in [0.1, 0.15) is 0 Å². The Morgan fingerprint density at radius 2 is 2.27 bits per heavy atom. The molecule has 86 valence electrons. The first-order chi connectivity index (χ1) is 7.36. The quantitative estimate of drug-likeness (QED) is 0.689. The minimum atomic E-state index is 0.310. The lowest BCUT2D eigenvalue weighted by molar-refractivity contribution is 0.249. The van der Waals surface area contributed by atoms with Gasteiger partial charge in [0.05, 0.1) is 5.01 Å². The Morgan fingerprint density at radius 3 is 2.87 bits per heavy atom. The monoisotopic (exact) mass is 228 g/mol. The van der Waals surface area contributed by atoms with Crippen molar-refractivity contribution in [3.8, 4) is 0 Å². The number of hydrogen-bond acceptors (Lipinski definition) is 4. The predicted molar refractivity (Wildman–Crippen MR) is 64.3 cm³/mol. The molecule has 0 atom stereocenters. The smallest absolute Gasteiger partial charge is 0.0937 e. The van der Waals surface area contributed by atoms with E-state index in [9.17, 15) is 0 Å². The molecule has 0 aliphatic rings. The largest absolute Gasteiger partial charge is 0.396 e. The van der Waals surface area contributed by atoms with Gasteiger partial charge >= 0.3 is 0 Å². The summed E-state index contributed by atoms with van der Waals surface area (Å²) in [6.07, 6.45) is 4.91. The van der Waals surface area contributed by atoms with E-state index in [1.54, 1.807) is 11.3 Å². The van der Waals surface area contributed by atoms with Gasteiger partial charge in [-0.1, -0.05) is 6.92 Å². The van der Waals surface area contributed by atoms with Crippen molar-refractivity contribution in [3.05, 3.63) is 16.6 Å². The van der Waals surface area contributed by atoms with Gasteiger partial charge in [-0.2, -0.15) is 0 Å². The van der Waals surface area contributed by atoms with Crippen molar-refractivity contribution in [1.82, 2.24) is 9.88 Å². The number of nitrogens with zero attached hydrogens (tertiary/aromatic N) is 2. The number of thiazole rings is 1. The van der Waals surface area contributed by atoms with Gasteiger partial charge in [-0.15, -0.1) is 11.3 Å². The van der Waals surface area contributed by atoms with E-state index in [-0.39, 0.29) is 0 Å². The first kappa shape index (κ1) is 12.6. The van der Waals surface area contributed by atoms with Crippen LogP contribution in [-0.4, -0.2) is 41.2 Å². The maximum Gasteiger partial charge on any atom is 0.0937 e. The number of hydrogen-bond donors (Lipinski definition) is 1. The lowest BCUT2D eigenvalue weighted by Crippen LogP contribution is -2.27. The highest BCUT2D eigenvalue weighted by Gasteiger charge is 2.03. The van der Waals surface area contributed by atoms with Crippen LogP contribution < -0.4 is 0 Å². The lowest BCUT2D eigenvalue weighted by Gasteiger charge is -2.19. The zero-order chi connectivity index (χ0) is 10.9. The molecule has 0 aliphatic carbocycles. The van der Waals surface area contributed by atoms with Crippen LogP contribution in [0.1, 0.15) is 24.8 Å². The second-order valence-corrected chi connectivity index (χ2v) is 4.52. The maximum atomic E-state index is 8.71. The van der Waals surface area contributed by atoms with E-state index in [0.29, 0.717) is 6.61 Å². The van der Waals surface area contributed by atoms with Gasteiger partial charge in [0.15, 0.2) is 0 Å². The molecule has 1 rings (SSSR count). The van der Waals surface area contributed by atoms with Gasteiger partial charge in [0, 0.05) is 31.1 Å². The Morgan fingerprint density at radius 1 is 1.40 bits per heavy atom. The molecule has 0 saturated heterocycles. The van der Waals surface area contributed by atoms with Crippen molar-refractivity contribution in [3.63, 3.8) is 0 Å². The van der Waals surface area contributed by atoms with Crippen LogP contribution in [0.15, 0.2) is 11.6 Å². The number of aliphatic hydroxyl groups excluding tert-OH is 1. The van der Waals surface area contributed by atoms with Crippen molar-refractivity contribution in [1.29, 1.82) is 0 Å². The molecule has 0 aromatic carbocycles. The van der Waals surface area contributed by atoms with Crippen LogP contribution in [0.3, 0.4) is 0 Å². The topological polar surface area (TPSA) is 36.4 Å². The number of likely N-dealkylation sites (N-methyl/N-ethyl adjacent to an activating group) is 1. The number of aliphatic hydroxyl groups is 1. The van der Waals surface area contributed by atoms with Gasteiger partial charge in [-0.05, 0) is 25.9 Å². The Hall–Kier alpha value is -0.450. The summed E-state index contributed by atoms with van der Waals surface area (Å²) in [7, 11) is 0. The normalized spacial score (nSPS) is 11.1. The summed E-state index contributed by atoms with van der Waals surface area (Å²) in [6, 6.07) is 0. The summed E-state index contributed by atoms with van der Waals surface area (Å²) in [5.74, 6) is 0. The Balaban J connectivity index is 2.16. The van der Waals surface area contributed by atoms with Crippen molar-refractivity contribution in [2.24, 2.45) is 0 Å². The summed E-state index contributed by atoms with van der Waals surface area (Å²) >= 11 is 1.73. The highest BCUT2D eigenvalue weighted by Crippen LogP contribution is 2.06. The molecular formula is C11H20N2OS. The first-order valence-electron chi connectivity index (χ1n) is 5.58. The van der Waals surface area contributed by atoms with Gasteiger partial charge in [0.2, 0.25) is 0 Å². The molecular weight excluding hydrogens is 208 g/mol. The standard InChI is InChI=1S/C11H20N2OS/c1-2-13(7-3-4-9-14)8-5-11-12-6-10-15-11/h6,10,14H,2-5,7-9H2,1H3. The Labute approximate surface area is 95.8 Å². The van der Waals surface area contributed by atoms with E-state index in [1.807, 2.05) is 11.6 Å². The summed E-state index contributed by atoms with van der Waals surface area (Å²) in [6.45, 7) is 5.74. The van der Waals surface area contributed by atoms with Crippen molar-refractivity contribution >= 4 is 11.3 Å². The number of rotatable bonds is 8. The molecule has 0 unspecified atom stereocenters. The molecule has 0 fully saturated rings. The fourth-order valence-corrected chi connectivity index (χ4v) is 2.12. The van der Waals surface area contributed by atoms with E-state index < -0.39 is 0 Å².